The third kappa shape index (κ3) is 6.02. The van der Waals surface area contributed by atoms with E-state index in [1.807, 2.05) is 6.92 Å². The van der Waals surface area contributed by atoms with Gasteiger partial charge in [-0.05, 0) is 42.8 Å². The van der Waals surface area contributed by atoms with Gasteiger partial charge in [0.05, 0.1) is 42.3 Å². The number of nitrogens with zero attached hydrogens (tertiary/aromatic N) is 2. The van der Waals surface area contributed by atoms with Crippen molar-refractivity contribution in [3.05, 3.63) is 56.9 Å². The number of sulfone groups is 2. The Hall–Kier alpha value is -2.31. The smallest absolute Gasteiger partial charge is 0.329 e. The summed E-state index contributed by atoms with van der Waals surface area (Å²) >= 11 is 3.40. The van der Waals surface area contributed by atoms with Crippen molar-refractivity contribution in [2.75, 3.05) is 37.7 Å². The molecule has 0 aliphatic heterocycles. The van der Waals surface area contributed by atoms with Crippen LogP contribution in [0.15, 0.2) is 45.7 Å². The molecule has 1 unspecified atom stereocenters. The van der Waals surface area contributed by atoms with E-state index < -0.39 is 31.4 Å². The van der Waals surface area contributed by atoms with Gasteiger partial charge in [0.2, 0.25) is 0 Å². The number of methoxy groups -OCH3 is 1. The Morgan fingerprint density at radius 3 is 2.26 bits per heavy atom. The van der Waals surface area contributed by atoms with Crippen LogP contribution < -0.4 is 15.2 Å². The largest absolute Gasteiger partial charge is 0.493 e. The topological polar surface area (TPSA) is 114 Å². The zero-order valence-corrected chi connectivity index (χ0v) is 22.5. The molecule has 186 valence electrons. The van der Waals surface area contributed by atoms with Gasteiger partial charge >= 0.3 is 5.69 Å². The van der Waals surface area contributed by atoms with Gasteiger partial charge in [-0.1, -0.05) is 22.0 Å². The number of fused-ring (bicyclic) bond motifs is 1. The van der Waals surface area contributed by atoms with E-state index in [4.69, 9.17) is 9.47 Å². The zero-order valence-electron chi connectivity index (χ0n) is 19.3. The van der Waals surface area contributed by atoms with Gasteiger partial charge in [0.1, 0.15) is 19.7 Å². The van der Waals surface area contributed by atoms with E-state index in [2.05, 4.69) is 15.9 Å². The number of benzene rings is 2. The fourth-order valence-electron chi connectivity index (χ4n) is 3.80. The lowest BCUT2D eigenvalue weighted by Gasteiger charge is -2.20. The number of halogens is 1. The number of aryl methyl sites for hydroxylation is 1. The van der Waals surface area contributed by atoms with Crippen molar-refractivity contribution in [3.63, 3.8) is 0 Å². The molecule has 1 aromatic heterocycles. The summed E-state index contributed by atoms with van der Waals surface area (Å²) in [5.74, 6) is 0.339. The van der Waals surface area contributed by atoms with E-state index in [0.717, 1.165) is 12.5 Å². The molecule has 0 fully saturated rings. The Kier molecular flexibility index (Phi) is 7.83. The van der Waals surface area contributed by atoms with E-state index >= 15 is 0 Å². The van der Waals surface area contributed by atoms with Crippen molar-refractivity contribution in [1.29, 1.82) is 0 Å². The van der Waals surface area contributed by atoms with E-state index in [9.17, 15) is 21.6 Å². The van der Waals surface area contributed by atoms with E-state index in [1.165, 1.54) is 16.2 Å². The quantitative estimate of drug-likeness (QED) is 0.365. The van der Waals surface area contributed by atoms with Crippen molar-refractivity contribution < 1.29 is 26.3 Å². The number of ether oxygens (including phenoxy) is 2. The van der Waals surface area contributed by atoms with Gasteiger partial charge in [-0.15, -0.1) is 0 Å². The van der Waals surface area contributed by atoms with Crippen LogP contribution in [0.25, 0.3) is 11.0 Å². The second-order valence-electron chi connectivity index (χ2n) is 8.02. The van der Waals surface area contributed by atoms with E-state index in [0.29, 0.717) is 39.2 Å². The van der Waals surface area contributed by atoms with E-state index in [-0.39, 0.29) is 18.1 Å². The van der Waals surface area contributed by atoms with Gasteiger partial charge in [-0.3, -0.25) is 9.13 Å². The molecule has 1 heterocycles. The number of imidazole rings is 1. The van der Waals surface area contributed by atoms with Crippen LogP contribution >= 0.6 is 15.9 Å². The van der Waals surface area contributed by atoms with Crippen LogP contribution in [-0.2, 0) is 26.2 Å². The summed E-state index contributed by atoms with van der Waals surface area (Å²) in [6.45, 7) is 2.13. The molecule has 0 aliphatic rings. The van der Waals surface area contributed by atoms with Gasteiger partial charge in [0.25, 0.3) is 0 Å². The van der Waals surface area contributed by atoms with Crippen molar-refractivity contribution in [2.24, 2.45) is 0 Å². The summed E-state index contributed by atoms with van der Waals surface area (Å²) in [6, 6.07) is 9.32. The average Bonchev–Trinajstić information content (AvgIpc) is 3.00. The van der Waals surface area contributed by atoms with Crippen LogP contribution in [0.3, 0.4) is 0 Å². The van der Waals surface area contributed by atoms with Crippen molar-refractivity contribution in [3.8, 4) is 11.5 Å². The minimum absolute atomic E-state index is 0.0595. The summed E-state index contributed by atoms with van der Waals surface area (Å²) in [5.41, 5.74) is 1.03. The molecule has 0 amide bonds. The van der Waals surface area contributed by atoms with Gasteiger partial charge in [-0.25, -0.2) is 21.6 Å². The van der Waals surface area contributed by atoms with Crippen LogP contribution in [0.4, 0.5) is 0 Å². The number of hydrogen-bond acceptors (Lipinski definition) is 7. The van der Waals surface area contributed by atoms with Crippen LogP contribution in [-0.4, -0.2) is 63.7 Å². The minimum Gasteiger partial charge on any atom is -0.493 e. The standard InChI is InChI=1S/C22H27BrN2O7S2/c1-5-32-21-12-15(6-9-20(21)31-2)19(14-34(4,29)30)25-17-8-7-16(23)13-18(17)24(22(25)26)10-11-33(3,27)28/h6-9,12-13,19H,5,10-11,14H2,1-4H3. The molecule has 34 heavy (non-hydrogen) atoms. The molecule has 12 heteroatoms. The second-order valence-corrected chi connectivity index (χ2v) is 13.4. The summed E-state index contributed by atoms with van der Waals surface area (Å²) in [4.78, 5) is 13.6. The maximum absolute atomic E-state index is 13.6. The predicted octanol–water partition coefficient (Wildman–Crippen LogP) is 2.65. The Morgan fingerprint density at radius 1 is 0.971 bits per heavy atom. The maximum atomic E-state index is 13.6. The van der Waals surface area contributed by atoms with E-state index in [1.54, 1.807) is 36.4 Å². The molecule has 1 atom stereocenters. The summed E-state index contributed by atoms with van der Waals surface area (Å²) in [7, 11) is -5.36. The monoisotopic (exact) mass is 574 g/mol. The van der Waals surface area contributed by atoms with Gasteiger partial charge < -0.3 is 9.47 Å². The first-order chi connectivity index (χ1) is 15.8. The molecule has 0 spiro atoms. The highest BCUT2D eigenvalue weighted by Gasteiger charge is 2.27. The molecule has 9 nitrogen and oxygen atoms in total. The van der Waals surface area contributed by atoms with Gasteiger partial charge in [0, 0.05) is 23.5 Å². The highest BCUT2D eigenvalue weighted by atomic mass is 79.9. The van der Waals surface area contributed by atoms with Crippen molar-refractivity contribution in [2.45, 2.75) is 19.5 Å². The molecular weight excluding hydrogens is 548 g/mol. The Morgan fingerprint density at radius 2 is 1.68 bits per heavy atom. The van der Waals surface area contributed by atoms with Crippen LogP contribution in [0.5, 0.6) is 11.5 Å². The molecule has 0 saturated heterocycles. The van der Waals surface area contributed by atoms with Crippen LogP contribution in [0.1, 0.15) is 18.5 Å². The molecule has 0 bridgehead atoms. The Bertz CT molecular complexity index is 1470. The summed E-state index contributed by atoms with van der Waals surface area (Å²) < 4.78 is 62.9. The first-order valence-electron chi connectivity index (χ1n) is 10.4. The lowest BCUT2D eigenvalue weighted by atomic mass is 10.1. The molecule has 0 aliphatic carbocycles. The number of aromatic nitrogens is 2. The van der Waals surface area contributed by atoms with Gasteiger partial charge in [-0.2, -0.15) is 0 Å². The highest BCUT2D eigenvalue weighted by molar-refractivity contribution is 9.10. The van der Waals surface area contributed by atoms with Crippen LogP contribution in [0, 0.1) is 0 Å². The summed E-state index contributed by atoms with van der Waals surface area (Å²) in [6.07, 6.45) is 2.21. The zero-order chi connectivity index (χ0) is 25.3. The lowest BCUT2D eigenvalue weighted by molar-refractivity contribution is 0.310. The fraction of sp³-hybridized carbons (Fsp3) is 0.409. The minimum atomic E-state index is -3.53. The normalized spacial score (nSPS) is 13.2. The fourth-order valence-corrected chi connectivity index (χ4v) is 5.58. The lowest BCUT2D eigenvalue weighted by Crippen LogP contribution is -2.32. The first-order valence-corrected chi connectivity index (χ1v) is 15.3. The Labute approximate surface area is 207 Å². The average molecular weight is 576 g/mol. The Balaban J connectivity index is 2.30. The SMILES string of the molecule is CCOc1cc(C(CS(C)(=O)=O)n2c(=O)n(CCS(C)(=O)=O)c3cc(Br)ccc32)ccc1OC. The molecule has 0 saturated carbocycles. The van der Waals surface area contributed by atoms with Crippen molar-refractivity contribution in [1.82, 2.24) is 9.13 Å². The molecule has 3 aromatic rings. The third-order valence-electron chi connectivity index (χ3n) is 5.26. The van der Waals surface area contributed by atoms with Gasteiger partial charge in [0.15, 0.2) is 11.5 Å². The maximum Gasteiger partial charge on any atom is 0.329 e. The highest BCUT2D eigenvalue weighted by Crippen LogP contribution is 2.33. The second kappa shape index (κ2) is 10.1. The van der Waals surface area contributed by atoms with Crippen LogP contribution in [0.2, 0.25) is 0 Å². The predicted molar refractivity (Wildman–Crippen MR) is 136 cm³/mol. The number of rotatable bonds is 10. The molecular formula is C22H27BrN2O7S2. The van der Waals surface area contributed by atoms with Crippen molar-refractivity contribution >= 4 is 46.6 Å². The molecule has 0 N–H and O–H groups in total. The molecule has 0 radical (unpaired) electrons. The third-order valence-corrected chi connectivity index (χ3v) is 7.59. The first kappa shape index (κ1) is 26.3. The summed E-state index contributed by atoms with van der Waals surface area (Å²) in [5, 5.41) is 0. The number of hydrogen-bond donors (Lipinski definition) is 0. The molecule has 3 rings (SSSR count). The molecule has 2 aromatic carbocycles.